The van der Waals surface area contributed by atoms with Crippen LogP contribution >= 0.6 is 0 Å². The number of ketones is 1. The van der Waals surface area contributed by atoms with Crippen LogP contribution in [0.3, 0.4) is 0 Å². The number of phenolic OH excluding ortho intramolecular Hbond substituents is 2. The van der Waals surface area contributed by atoms with Crippen LogP contribution in [0, 0.1) is 5.92 Å². The number of nitrogens with zero attached hydrogens (tertiary/aromatic N) is 1. The van der Waals surface area contributed by atoms with Crippen molar-refractivity contribution in [3.8, 4) is 17.2 Å². The van der Waals surface area contributed by atoms with Gasteiger partial charge in [-0.1, -0.05) is 0 Å². The van der Waals surface area contributed by atoms with E-state index in [1.165, 1.54) is 6.07 Å². The van der Waals surface area contributed by atoms with Crippen molar-refractivity contribution >= 4 is 5.78 Å². The van der Waals surface area contributed by atoms with Crippen LogP contribution in [0.5, 0.6) is 17.2 Å². The number of phenols is 2. The van der Waals surface area contributed by atoms with Crippen LogP contribution in [0.25, 0.3) is 0 Å². The van der Waals surface area contributed by atoms with Crippen molar-refractivity contribution in [2.24, 2.45) is 5.92 Å². The molecular weight excluding hydrogens is 362 g/mol. The number of likely N-dealkylation sites (N-methyl/N-ethyl adjacent to an activating group) is 1. The second-order valence-electron chi connectivity index (χ2n) is 9.88. The van der Waals surface area contributed by atoms with Gasteiger partial charge in [-0.15, -0.1) is 0 Å². The Bertz CT molecular complexity index is 943. The molecule has 3 fully saturated rings. The molecule has 5 atom stereocenters. The van der Waals surface area contributed by atoms with Crippen LogP contribution in [0.2, 0.25) is 0 Å². The van der Waals surface area contributed by atoms with Gasteiger partial charge in [-0.3, -0.25) is 9.28 Å². The normalized spacial score (nSPS) is 45.5. The lowest BCUT2D eigenvalue weighted by Crippen LogP contribution is -2.87. The molecule has 1 saturated heterocycles. The number of ether oxygens (including phenoxy) is 1. The first-order valence-corrected chi connectivity index (χ1v) is 10.2. The molecule has 5 aliphatic rings. The van der Waals surface area contributed by atoms with E-state index in [-0.39, 0.29) is 42.3 Å². The molecule has 6 rings (SSSR count). The molecule has 0 amide bonds. The van der Waals surface area contributed by atoms with E-state index < -0.39 is 22.8 Å². The number of aliphatic hydroxyl groups is 2. The molecule has 28 heavy (non-hydrogen) atoms. The van der Waals surface area contributed by atoms with E-state index in [0.29, 0.717) is 34.5 Å². The average Bonchev–Trinajstić information content (AvgIpc) is 3.36. The number of aromatic hydroxyl groups is 2. The maximum absolute atomic E-state index is 12.8. The summed E-state index contributed by atoms with van der Waals surface area (Å²) in [6.45, 7) is 1.38. The summed E-state index contributed by atoms with van der Waals surface area (Å²) in [5, 5.41) is 45.4. The molecule has 2 bridgehead atoms. The number of piperidine rings is 1. The Kier molecular flexibility index (Phi) is 2.84. The van der Waals surface area contributed by atoms with Crippen molar-refractivity contribution in [1.82, 2.24) is 0 Å². The molecule has 4 N–H and O–H groups in total. The third kappa shape index (κ3) is 1.56. The van der Waals surface area contributed by atoms with Crippen molar-refractivity contribution in [3.63, 3.8) is 0 Å². The van der Waals surface area contributed by atoms with E-state index in [4.69, 9.17) is 4.74 Å². The summed E-state index contributed by atoms with van der Waals surface area (Å²) in [7, 11) is 1.99. The first-order valence-electron chi connectivity index (χ1n) is 10.2. The smallest absolute Gasteiger partial charge is 0.235 e. The zero-order chi connectivity index (χ0) is 19.7. The van der Waals surface area contributed by atoms with E-state index in [0.717, 1.165) is 19.4 Å². The molecule has 2 aliphatic heterocycles. The molecule has 7 nitrogen and oxygen atoms in total. The number of carbonyl (C=O) groups excluding carboxylic acids is 1. The third-order valence-corrected chi connectivity index (χ3v) is 8.57. The SMILES string of the molecule is C[N@+]1(CC2CC2)CC[C@]23c4c5c(O)cc(O)c4O[C@H]2C(=O)CC[C@@]3(O)[C@@]1(O)C5. The summed E-state index contributed by atoms with van der Waals surface area (Å²) in [4.78, 5) is 12.8. The fourth-order valence-electron chi connectivity index (χ4n) is 6.99. The maximum atomic E-state index is 12.8. The Morgan fingerprint density at radius 1 is 1.21 bits per heavy atom. The van der Waals surface area contributed by atoms with Gasteiger partial charge in [0.25, 0.3) is 0 Å². The number of hydrogen-bond donors (Lipinski definition) is 4. The summed E-state index contributed by atoms with van der Waals surface area (Å²) in [6.07, 6.45) is 2.17. The lowest BCUT2D eigenvalue weighted by molar-refractivity contribution is -1.00. The van der Waals surface area contributed by atoms with E-state index >= 15 is 0 Å². The monoisotopic (exact) mass is 388 g/mol. The molecule has 1 aromatic carbocycles. The minimum Gasteiger partial charge on any atom is -0.508 e. The Morgan fingerprint density at radius 2 is 1.96 bits per heavy atom. The van der Waals surface area contributed by atoms with Crippen molar-refractivity contribution in [2.45, 2.75) is 61.4 Å². The molecule has 1 aromatic rings. The summed E-state index contributed by atoms with van der Waals surface area (Å²) in [5.41, 5.74) is -3.18. The third-order valence-electron chi connectivity index (χ3n) is 8.57. The molecule has 0 unspecified atom stereocenters. The standard InChI is InChI=1S/C21H25NO6/c1-22(10-11-2-3-11)7-6-19-16-12-9-21(22,27)20(19,26)5-4-13(23)18(19)28-17(16)15(25)8-14(12)24/h8,11,18,26-27H,2-7,9-10H2,1H3,(H-,24,25)/p+1/t18-,19-,20-,21-,22+/m0/s1. The summed E-state index contributed by atoms with van der Waals surface area (Å²) < 4.78 is 6.27. The predicted octanol–water partition coefficient (Wildman–Crippen LogP) is 0.696. The first kappa shape index (κ1) is 17.1. The molecule has 2 heterocycles. The van der Waals surface area contributed by atoms with Gasteiger partial charge >= 0.3 is 0 Å². The number of likely N-dealkylation sites (tertiary alicyclic amines) is 1. The Hall–Kier alpha value is -1.83. The van der Waals surface area contributed by atoms with Crippen molar-refractivity contribution in [2.75, 3.05) is 20.1 Å². The maximum Gasteiger partial charge on any atom is 0.235 e. The fourth-order valence-corrected chi connectivity index (χ4v) is 6.99. The predicted molar refractivity (Wildman–Crippen MR) is 97.0 cm³/mol. The zero-order valence-electron chi connectivity index (χ0n) is 15.9. The van der Waals surface area contributed by atoms with E-state index in [1.54, 1.807) is 0 Å². The zero-order valence-corrected chi connectivity index (χ0v) is 15.9. The van der Waals surface area contributed by atoms with E-state index in [2.05, 4.69) is 0 Å². The quantitative estimate of drug-likeness (QED) is 0.556. The number of rotatable bonds is 2. The second-order valence-corrected chi connectivity index (χ2v) is 9.88. The van der Waals surface area contributed by atoms with E-state index in [1.807, 2.05) is 7.05 Å². The van der Waals surface area contributed by atoms with Crippen LogP contribution in [-0.4, -0.2) is 68.3 Å². The molecule has 150 valence electrons. The van der Waals surface area contributed by atoms with E-state index in [9.17, 15) is 25.2 Å². The Morgan fingerprint density at radius 3 is 2.68 bits per heavy atom. The van der Waals surface area contributed by atoms with Gasteiger partial charge in [0.1, 0.15) is 5.75 Å². The summed E-state index contributed by atoms with van der Waals surface area (Å²) in [6, 6.07) is 1.22. The Labute approximate surface area is 162 Å². The number of hydrogen-bond acceptors (Lipinski definition) is 6. The highest BCUT2D eigenvalue weighted by molar-refractivity contribution is 5.90. The highest BCUT2D eigenvalue weighted by Gasteiger charge is 2.82. The van der Waals surface area contributed by atoms with Crippen LogP contribution in [0.4, 0.5) is 0 Å². The van der Waals surface area contributed by atoms with Crippen molar-refractivity contribution in [3.05, 3.63) is 17.2 Å². The fraction of sp³-hybridized carbons (Fsp3) is 0.667. The van der Waals surface area contributed by atoms with Gasteiger partial charge in [0.15, 0.2) is 29.0 Å². The number of carbonyl (C=O) groups is 1. The van der Waals surface area contributed by atoms with Gasteiger partial charge in [-0.25, -0.2) is 0 Å². The van der Waals surface area contributed by atoms with Gasteiger partial charge in [0.05, 0.1) is 32.0 Å². The van der Waals surface area contributed by atoms with Crippen LogP contribution in [0.1, 0.15) is 43.2 Å². The van der Waals surface area contributed by atoms with Gasteiger partial charge in [-0.05, 0) is 19.3 Å². The molecule has 0 aromatic heterocycles. The number of quaternary nitrogens is 1. The minimum atomic E-state index is -1.56. The lowest BCUT2D eigenvalue weighted by atomic mass is 9.47. The molecule has 2 saturated carbocycles. The largest absolute Gasteiger partial charge is 0.508 e. The summed E-state index contributed by atoms with van der Waals surface area (Å²) in [5.74, 6) is 0.276. The molecule has 7 heteroatoms. The lowest BCUT2D eigenvalue weighted by Gasteiger charge is -2.67. The van der Waals surface area contributed by atoms with Crippen molar-refractivity contribution < 1.29 is 34.4 Å². The van der Waals surface area contributed by atoms with Gasteiger partial charge in [-0.2, -0.15) is 0 Å². The number of benzene rings is 1. The van der Waals surface area contributed by atoms with Crippen molar-refractivity contribution in [1.29, 1.82) is 0 Å². The number of Topliss-reactive ketones (excluding diaryl/α,β-unsaturated/α-hetero) is 1. The molecular formula is C21H26NO6+. The molecule has 3 aliphatic carbocycles. The first-order chi connectivity index (χ1) is 13.2. The second kappa shape index (κ2) is 4.66. The Balaban J connectivity index is 1.67. The average molecular weight is 388 g/mol. The minimum absolute atomic E-state index is 0.0766. The van der Waals surface area contributed by atoms with Gasteiger partial charge < -0.3 is 25.2 Å². The van der Waals surface area contributed by atoms with Gasteiger partial charge in [0.2, 0.25) is 5.72 Å². The molecule has 0 radical (unpaired) electrons. The van der Waals surface area contributed by atoms with Crippen LogP contribution in [0.15, 0.2) is 6.07 Å². The van der Waals surface area contributed by atoms with Gasteiger partial charge in [0, 0.05) is 36.0 Å². The van der Waals surface area contributed by atoms with Crippen LogP contribution < -0.4 is 4.74 Å². The topological polar surface area (TPSA) is 107 Å². The summed E-state index contributed by atoms with van der Waals surface area (Å²) >= 11 is 0. The highest BCUT2D eigenvalue weighted by Crippen LogP contribution is 2.69. The molecule has 1 spiro atoms. The highest BCUT2D eigenvalue weighted by atomic mass is 16.5. The van der Waals surface area contributed by atoms with Crippen LogP contribution in [-0.2, 0) is 16.6 Å².